The van der Waals surface area contributed by atoms with Crippen LogP contribution in [0.4, 0.5) is 11.4 Å². The Morgan fingerprint density at radius 3 is 1.39 bits per heavy atom. The van der Waals surface area contributed by atoms with Crippen molar-refractivity contribution in [3.63, 3.8) is 0 Å². The molecule has 2 aromatic rings. The SMILES string of the molecule is CC[C@H](NC(=O)[C@H](C)NC)C(=O)N1CCC[C@H]1C(=O)N[C@@H]1CCCc2c(Nc3cccc4c3CCC[C@H]4NC(=O)[C@@H]3CCCN3C(=O)[C@H](CC)NC(=O)[C@H](C)NC)cccc21. The minimum absolute atomic E-state index is 0.168. The number of nitrogens with zero attached hydrogens (tertiary/aromatic N) is 2. The Labute approximate surface area is 360 Å². The molecular weight excluding hydrogens is 775 g/mol. The molecule has 2 saturated heterocycles. The van der Waals surface area contributed by atoms with E-state index in [-0.39, 0.29) is 47.5 Å². The van der Waals surface area contributed by atoms with Crippen LogP contribution in [-0.2, 0) is 41.6 Å². The van der Waals surface area contributed by atoms with Crippen LogP contribution in [0.2, 0.25) is 0 Å². The maximum absolute atomic E-state index is 13.9. The van der Waals surface area contributed by atoms with E-state index in [1.807, 2.05) is 26.0 Å². The van der Waals surface area contributed by atoms with E-state index < -0.39 is 36.3 Å². The van der Waals surface area contributed by atoms with Gasteiger partial charge in [-0.1, -0.05) is 38.1 Å². The van der Waals surface area contributed by atoms with Gasteiger partial charge in [-0.05, 0) is 139 Å². The lowest BCUT2D eigenvalue weighted by atomic mass is 9.85. The number of carbonyl (C=O) groups is 6. The molecule has 6 rings (SSSR count). The van der Waals surface area contributed by atoms with Crippen LogP contribution in [0.25, 0.3) is 0 Å². The molecule has 2 aliphatic heterocycles. The van der Waals surface area contributed by atoms with E-state index in [4.69, 9.17) is 0 Å². The first-order chi connectivity index (χ1) is 29.4. The number of benzene rings is 2. The molecule has 2 aromatic carbocycles. The van der Waals surface area contributed by atoms with Gasteiger partial charge in [-0.3, -0.25) is 28.8 Å². The number of likely N-dealkylation sites (N-methyl/N-ethyl adjacent to an activating group) is 2. The number of anilines is 2. The van der Waals surface area contributed by atoms with Crippen molar-refractivity contribution in [3.05, 3.63) is 58.7 Å². The number of amides is 6. The summed E-state index contributed by atoms with van der Waals surface area (Å²) in [4.78, 5) is 83.7. The van der Waals surface area contributed by atoms with Gasteiger partial charge in [-0.25, -0.2) is 0 Å². The second-order valence-corrected chi connectivity index (χ2v) is 17.1. The summed E-state index contributed by atoms with van der Waals surface area (Å²) in [5.41, 5.74) is 6.38. The number of likely N-dealkylation sites (tertiary alicyclic amines) is 2. The number of carbonyl (C=O) groups excluding carboxylic acids is 6. The number of rotatable bonds is 16. The molecule has 8 atom stereocenters. The zero-order valence-electron chi connectivity index (χ0n) is 36.8. The molecule has 2 fully saturated rings. The lowest BCUT2D eigenvalue weighted by Crippen LogP contribution is -2.55. The third kappa shape index (κ3) is 10.2. The smallest absolute Gasteiger partial charge is 0.245 e. The fraction of sp³-hybridized carbons (Fsp3) is 0.609. The van der Waals surface area contributed by atoms with Gasteiger partial charge in [0.25, 0.3) is 0 Å². The highest BCUT2D eigenvalue weighted by molar-refractivity contribution is 5.94. The lowest BCUT2D eigenvalue weighted by molar-refractivity contribution is -0.141. The third-order valence-electron chi connectivity index (χ3n) is 13.3. The van der Waals surface area contributed by atoms with E-state index >= 15 is 0 Å². The molecule has 7 N–H and O–H groups in total. The van der Waals surface area contributed by atoms with Crippen LogP contribution < -0.4 is 37.2 Å². The first-order valence-corrected chi connectivity index (χ1v) is 22.6. The van der Waals surface area contributed by atoms with E-state index in [1.54, 1.807) is 37.7 Å². The van der Waals surface area contributed by atoms with E-state index in [9.17, 15) is 28.8 Å². The summed E-state index contributed by atoms with van der Waals surface area (Å²) in [6.07, 6.45) is 8.49. The molecule has 0 radical (unpaired) electrons. The molecule has 61 heavy (non-hydrogen) atoms. The first-order valence-electron chi connectivity index (χ1n) is 22.6. The average Bonchev–Trinajstić information content (AvgIpc) is 3.98. The normalized spacial score (nSPS) is 22.8. The van der Waals surface area contributed by atoms with Gasteiger partial charge < -0.3 is 47.0 Å². The van der Waals surface area contributed by atoms with Gasteiger partial charge in [0, 0.05) is 24.5 Å². The summed E-state index contributed by atoms with van der Waals surface area (Å²) in [7, 11) is 3.39. The van der Waals surface area contributed by atoms with Gasteiger partial charge >= 0.3 is 0 Å². The summed E-state index contributed by atoms with van der Waals surface area (Å²) < 4.78 is 0. The Balaban J connectivity index is 1.13. The largest absolute Gasteiger partial charge is 0.355 e. The molecule has 0 unspecified atom stereocenters. The highest BCUT2D eigenvalue weighted by atomic mass is 16.2. The molecule has 0 aromatic heterocycles. The predicted octanol–water partition coefficient (Wildman–Crippen LogP) is 3.40. The molecule has 332 valence electrons. The fourth-order valence-corrected chi connectivity index (χ4v) is 9.45. The van der Waals surface area contributed by atoms with Gasteiger partial charge in [-0.15, -0.1) is 0 Å². The molecule has 2 heterocycles. The van der Waals surface area contributed by atoms with E-state index in [0.29, 0.717) is 38.8 Å². The summed E-state index contributed by atoms with van der Waals surface area (Å²) in [6.45, 7) is 8.15. The minimum Gasteiger partial charge on any atom is -0.355 e. The lowest BCUT2D eigenvalue weighted by Gasteiger charge is -2.33. The van der Waals surface area contributed by atoms with Crippen molar-refractivity contribution in [2.45, 2.75) is 153 Å². The van der Waals surface area contributed by atoms with Crippen molar-refractivity contribution in [2.75, 3.05) is 32.5 Å². The highest BCUT2D eigenvalue weighted by Gasteiger charge is 2.40. The highest BCUT2D eigenvalue weighted by Crippen LogP contribution is 2.39. The molecular formula is C46H67N9O6. The van der Waals surface area contributed by atoms with Crippen molar-refractivity contribution in [2.24, 2.45) is 0 Å². The van der Waals surface area contributed by atoms with Gasteiger partial charge in [-0.2, -0.15) is 0 Å². The Hall–Kier alpha value is -5.02. The summed E-state index contributed by atoms with van der Waals surface area (Å²) in [5, 5.41) is 21.9. The van der Waals surface area contributed by atoms with Crippen molar-refractivity contribution >= 4 is 46.8 Å². The summed E-state index contributed by atoms with van der Waals surface area (Å²) in [5.74, 6) is -1.28. The van der Waals surface area contributed by atoms with Crippen molar-refractivity contribution in [1.29, 1.82) is 0 Å². The fourth-order valence-electron chi connectivity index (χ4n) is 9.45. The van der Waals surface area contributed by atoms with Crippen molar-refractivity contribution in [1.82, 2.24) is 41.7 Å². The standard InChI is InChI=1S/C46H67N9O6/c1-7-33(50-41(56)27(3)47-5)45(60)54-25-13-23-39(54)43(58)52-37-21-11-15-29-31(37)17-9-19-35(29)49-36-20-10-18-32-30(36)16-12-22-38(32)53-44(59)40-24-14-26-55(40)46(61)34(8-2)51-42(57)28(4)48-6/h9-10,17-20,27-28,33-34,37-40,47-49H,7-8,11-16,21-26H2,1-6H3,(H,50,56)(H,51,57)(H,52,58)(H,53,59)/t27-,28-,33-,34-,37+,38+,39-,40-/m0/s1. The van der Waals surface area contributed by atoms with Crippen LogP contribution in [0.3, 0.4) is 0 Å². The quantitative estimate of drug-likeness (QED) is 0.133. The zero-order chi connectivity index (χ0) is 43.8. The molecule has 6 amide bonds. The molecule has 2 aliphatic carbocycles. The Morgan fingerprint density at radius 1 is 0.607 bits per heavy atom. The predicted molar refractivity (Wildman–Crippen MR) is 235 cm³/mol. The average molecular weight is 842 g/mol. The number of fused-ring (bicyclic) bond motifs is 2. The van der Waals surface area contributed by atoms with Gasteiger partial charge in [0.05, 0.1) is 24.2 Å². The monoisotopic (exact) mass is 842 g/mol. The number of nitrogens with one attached hydrogen (secondary N) is 7. The number of hydrogen-bond acceptors (Lipinski definition) is 9. The van der Waals surface area contributed by atoms with Crippen LogP contribution in [0.15, 0.2) is 36.4 Å². The van der Waals surface area contributed by atoms with E-state index in [2.05, 4.69) is 61.5 Å². The van der Waals surface area contributed by atoms with E-state index in [1.165, 1.54) is 0 Å². The Kier molecular flexibility index (Phi) is 15.4. The molecule has 4 aliphatic rings. The second kappa shape index (κ2) is 20.7. The Morgan fingerprint density at radius 2 is 1.02 bits per heavy atom. The summed E-state index contributed by atoms with van der Waals surface area (Å²) in [6, 6.07) is 8.46. The van der Waals surface area contributed by atoms with Gasteiger partial charge in [0.1, 0.15) is 24.2 Å². The molecule has 15 heteroatoms. The molecule has 0 bridgehead atoms. The van der Waals surface area contributed by atoms with Gasteiger partial charge in [0.15, 0.2) is 0 Å². The van der Waals surface area contributed by atoms with Crippen molar-refractivity contribution in [3.8, 4) is 0 Å². The van der Waals surface area contributed by atoms with Crippen LogP contribution in [0.1, 0.15) is 126 Å². The minimum atomic E-state index is -0.697. The van der Waals surface area contributed by atoms with Crippen LogP contribution >= 0.6 is 0 Å². The Bertz CT molecular complexity index is 1800. The zero-order valence-corrected chi connectivity index (χ0v) is 36.8. The van der Waals surface area contributed by atoms with Crippen molar-refractivity contribution < 1.29 is 28.8 Å². The maximum atomic E-state index is 13.9. The topological polar surface area (TPSA) is 193 Å². The number of hydrogen-bond donors (Lipinski definition) is 7. The summed E-state index contributed by atoms with van der Waals surface area (Å²) >= 11 is 0. The molecule has 0 saturated carbocycles. The van der Waals surface area contributed by atoms with Crippen LogP contribution in [-0.4, -0.2) is 109 Å². The third-order valence-corrected chi connectivity index (χ3v) is 13.3. The molecule has 0 spiro atoms. The van der Waals surface area contributed by atoms with Crippen LogP contribution in [0, 0.1) is 0 Å². The van der Waals surface area contributed by atoms with Gasteiger partial charge in [0.2, 0.25) is 35.4 Å². The first kappa shape index (κ1) is 45.5. The van der Waals surface area contributed by atoms with E-state index in [0.717, 1.165) is 85.0 Å². The second-order valence-electron chi connectivity index (χ2n) is 17.1. The molecule has 15 nitrogen and oxygen atoms in total. The maximum Gasteiger partial charge on any atom is 0.245 e. The van der Waals surface area contributed by atoms with Crippen LogP contribution in [0.5, 0.6) is 0 Å².